The minimum absolute atomic E-state index is 0.0879. The lowest BCUT2D eigenvalue weighted by Gasteiger charge is -2.69. The molecule has 180 valence electrons. The van der Waals surface area contributed by atoms with Gasteiger partial charge in [-0.05, 0) is 83.9 Å². The molecule has 0 aromatic carbocycles. The van der Waals surface area contributed by atoms with E-state index in [4.69, 9.17) is 0 Å². The Morgan fingerprint density at radius 3 is 2.09 bits per heavy atom. The van der Waals surface area contributed by atoms with Crippen LogP contribution in [-0.2, 0) is 0 Å². The Morgan fingerprint density at radius 2 is 1.41 bits per heavy atom. The third kappa shape index (κ3) is 2.66. The van der Waals surface area contributed by atoms with E-state index >= 15 is 0 Å². The van der Waals surface area contributed by atoms with Gasteiger partial charge in [0.05, 0.1) is 12.2 Å². The molecule has 2 nitrogen and oxygen atoms in total. The van der Waals surface area contributed by atoms with Crippen LogP contribution in [0, 0.1) is 44.3 Å². The molecule has 0 aromatic rings. The zero-order valence-electron chi connectivity index (χ0n) is 22.0. The number of aliphatic hydroxyl groups is 2. The van der Waals surface area contributed by atoms with Gasteiger partial charge in [-0.25, -0.2) is 0 Å². The van der Waals surface area contributed by atoms with Gasteiger partial charge in [0.15, 0.2) is 0 Å². The highest BCUT2D eigenvalue weighted by atomic mass is 16.3. The summed E-state index contributed by atoms with van der Waals surface area (Å²) in [5.74, 6) is 0.994. The first-order chi connectivity index (χ1) is 14.6. The Morgan fingerprint density at radius 1 is 0.750 bits per heavy atom. The lowest BCUT2D eigenvalue weighted by Crippen LogP contribution is -2.64. The summed E-state index contributed by atoms with van der Waals surface area (Å²) in [7, 11) is 0. The fraction of sp³-hybridized carbons (Fsp3) is 0.867. The van der Waals surface area contributed by atoms with Crippen LogP contribution in [0.2, 0.25) is 0 Å². The summed E-state index contributed by atoms with van der Waals surface area (Å²) in [6.07, 6.45) is 13.5. The van der Waals surface area contributed by atoms with E-state index in [0.29, 0.717) is 29.1 Å². The van der Waals surface area contributed by atoms with Crippen molar-refractivity contribution in [2.24, 2.45) is 44.3 Å². The Bertz CT molecular complexity index is 879. The van der Waals surface area contributed by atoms with Crippen molar-refractivity contribution >= 4 is 0 Å². The lowest BCUT2D eigenvalue weighted by molar-refractivity contribution is -0.175. The molecule has 2 heteroatoms. The third-order valence-electron chi connectivity index (χ3n) is 12.6. The molecule has 0 bridgehead atoms. The zero-order chi connectivity index (χ0) is 23.5. The fourth-order valence-corrected chi connectivity index (χ4v) is 9.75. The smallest absolute Gasteiger partial charge is 0.0658 e. The third-order valence-corrected chi connectivity index (χ3v) is 12.6. The highest BCUT2D eigenvalue weighted by Gasteiger charge is 2.67. The molecule has 0 radical (unpaired) electrons. The van der Waals surface area contributed by atoms with E-state index in [-0.39, 0.29) is 21.7 Å². The van der Waals surface area contributed by atoms with Gasteiger partial charge in [-0.2, -0.15) is 0 Å². The average Bonchev–Trinajstić information content (AvgIpc) is 2.68. The van der Waals surface area contributed by atoms with Gasteiger partial charge in [-0.3, -0.25) is 0 Å². The van der Waals surface area contributed by atoms with Gasteiger partial charge >= 0.3 is 0 Å². The van der Waals surface area contributed by atoms with Gasteiger partial charge in [0.2, 0.25) is 0 Å². The van der Waals surface area contributed by atoms with Crippen molar-refractivity contribution in [3.05, 3.63) is 23.3 Å². The molecule has 4 saturated carbocycles. The number of fused-ring (bicyclic) bond motifs is 7. The first kappa shape index (κ1) is 23.2. The monoisotopic (exact) mass is 440 g/mol. The van der Waals surface area contributed by atoms with Crippen LogP contribution in [-0.4, -0.2) is 22.4 Å². The van der Waals surface area contributed by atoms with E-state index in [0.717, 1.165) is 6.42 Å². The molecule has 5 aliphatic carbocycles. The van der Waals surface area contributed by atoms with Crippen molar-refractivity contribution in [3.8, 4) is 0 Å². The van der Waals surface area contributed by atoms with Crippen molar-refractivity contribution < 1.29 is 10.2 Å². The van der Waals surface area contributed by atoms with Gasteiger partial charge < -0.3 is 10.2 Å². The summed E-state index contributed by atoms with van der Waals surface area (Å²) in [5.41, 5.74) is 3.91. The second-order valence-corrected chi connectivity index (χ2v) is 14.9. The maximum absolute atomic E-state index is 11.5. The van der Waals surface area contributed by atoms with E-state index in [1.54, 1.807) is 5.57 Å². The van der Waals surface area contributed by atoms with E-state index in [1.165, 1.54) is 44.1 Å². The van der Waals surface area contributed by atoms with E-state index < -0.39 is 12.2 Å². The standard InChI is InChI=1S/C30H48O2/c1-25(2)13-14-27(5)15-16-28(6)19(20(27)18-25)9-10-22-29(28,7)12-11-21-26(3,4)23(31)17-24(32)30(21,22)8/h9-10,20-21,23-24,31-32H,11-18H2,1-8H3/t20-,21+,23+,24+,27-,28-,29-,30+/m1/s1. The minimum Gasteiger partial charge on any atom is -0.392 e. The number of rotatable bonds is 0. The molecule has 4 fully saturated rings. The Balaban J connectivity index is 1.65. The second-order valence-electron chi connectivity index (χ2n) is 14.9. The van der Waals surface area contributed by atoms with Crippen LogP contribution in [0.15, 0.2) is 23.3 Å². The molecule has 0 unspecified atom stereocenters. The molecule has 8 atom stereocenters. The highest BCUT2D eigenvalue weighted by molar-refractivity contribution is 5.46. The number of aliphatic hydroxyl groups excluding tert-OH is 2. The van der Waals surface area contributed by atoms with E-state index in [2.05, 4.69) is 67.5 Å². The van der Waals surface area contributed by atoms with E-state index in [9.17, 15) is 10.2 Å². The molecule has 0 aliphatic heterocycles. The van der Waals surface area contributed by atoms with Crippen molar-refractivity contribution in [1.29, 1.82) is 0 Å². The SMILES string of the molecule is CC1(C)CC[C@]2(C)CC[C@]3(C)C(=CC=C4[C@@]5(C)[C@@H](O)C[C@H](O)C(C)(C)[C@@H]5CC[C@]43C)[C@H]2C1. The van der Waals surface area contributed by atoms with Crippen molar-refractivity contribution in [3.63, 3.8) is 0 Å². The predicted octanol–water partition coefficient (Wildman–Crippen LogP) is 7.06. The zero-order valence-corrected chi connectivity index (χ0v) is 22.0. The summed E-state index contributed by atoms with van der Waals surface area (Å²) in [6, 6.07) is 0. The first-order valence-corrected chi connectivity index (χ1v) is 13.4. The highest BCUT2D eigenvalue weighted by Crippen LogP contribution is 2.74. The van der Waals surface area contributed by atoms with Crippen LogP contribution in [0.25, 0.3) is 0 Å². The Kier molecular flexibility index (Phi) is 4.73. The van der Waals surface area contributed by atoms with Crippen molar-refractivity contribution in [1.82, 2.24) is 0 Å². The van der Waals surface area contributed by atoms with Crippen molar-refractivity contribution in [2.45, 2.75) is 119 Å². The summed E-state index contributed by atoms with van der Waals surface area (Å²) in [5, 5.41) is 22.3. The molecule has 0 saturated heterocycles. The van der Waals surface area contributed by atoms with Crippen LogP contribution in [0.4, 0.5) is 0 Å². The molecule has 2 N–H and O–H groups in total. The predicted molar refractivity (Wildman–Crippen MR) is 132 cm³/mol. The minimum atomic E-state index is -0.470. The molecule has 5 rings (SSSR count). The molecule has 0 heterocycles. The summed E-state index contributed by atoms with van der Waals surface area (Å²) in [6.45, 7) is 19.4. The number of hydrogen-bond donors (Lipinski definition) is 2. The van der Waals surface area contributed by atoms with E-state index in [1.807, 2.05) is 0 Å². The second kappa shape index (κ2) is 6.54. The summed E-state index contributed by atoms with van der Waals surface area (Å²) in [4.78, 5) is 0. The summed E-state index contributed by atoms with van der Waals surface area (Å²) < 4.78 is 0. The Hall–Kier alpha value is -0.600. The molecule has 32 heavy (non-hydrogen) atoms. The fourth-order valence-electron chi connectivity index (χ4n) is 9.75. The van der Waals surface area contributed by atoms with Gasteiger partial charge in [0.25, 0.3) is 0 Å². The van der Waals surface area contributed by atoms with Gasteiger partial charge in [-0.15, -0.1) is 0 Å². The molecule has 0 amide bonds. The van der Waals surface area contributed by atoms with Gasteiger partial charge in [0.1, 0.15) is 0 Å². The van der Waals surface area contributed by atoms with Crippen LogP contribution in [0.1, 0.15) is 107 Å². The molecule has 0 spiro atoms. The first-order valence-electron chi connectivity index (χ1n) is 13.4. The molecular formula is C30H48O2. The molecule has 5 aliphatic rings. The van der Waals surface area contributed by atoms with Crippen LogP contribution in [0.3, 0.4) is 0 Å². The molecule has 0 aromatic heterocycles. The largest absolute Gasteiger partial charge is 0.392 e. The summed E-state index contributed by atoms with van der Waals surface area (Å²) >= 11 is 0. The van der Waals surface area contributed by atoms with Gasteiger partial charge in [-0.1, -0.05) is 78.7 Å². The van der Waals surface area contributed by atoms with Crippen LogP contribution < -0.4 is 0 Å². The number of allylic oxidation sites excluding steroid dienone is 3. The maximum Gasteiger partial charge on any atom is 0.0658 e. The topological polar surface area (TPSA) is 40.5 Å². The van der Waals surface area contributed by atoms with Crippen LogP contribution >= 0.6 is 0 Å². The van der Waals surface area contributed by atoms with Gasteiger partial charge in [0, 0.05) is 11.8 Å². The quantitative estimate of drug-likeness (QED) is 0.423. The maximum atomic E-state index is 11.5. The van der Waals surface area contributed by atoms with Crippen molar-refractivity contribution in [2.75, 3.05) is 0 Å². The lowest BCUT2D eigenvalue weighted by atomic mass is 9.36. The average molecular weight is 441 g/mol. The normalized spacial score (nSPS) is 53.7. The number of hydrogen-bond acceptors (Lipinski definition) is 2. The molecular weight excluding hydrogens is 392 g/mol. The Labute approximate surface area is 197 Å². The van der Waals surface area contributed by atoms with Crippen LogP contribution in [0.5, 0.6) is 0 Å².